The molecule has 2 N–H and O–H groups in total. The number of benzene rings is 2. The predicted molar refractivity (Wildman–Crippen MR) is 131 cm³/mol. The van der Waals surface area contributed by atoms with Crippen molar-refractivity contribution in [1.82, 2.24) is 10.3 Å². The minimum Gasteiger partial charge on any atom is -0.357 e. The number of aryl methyl sites for hydroxylation is 1. The van der Waals surface area contributed by atoms with Gasteiger partial charge in [0.1, 0.15) is 5.82 Å². The largest absolute Gasteiger partial charge is 0.357 e. The fraction of sp³-hybridized carbons (Fsp3) is 0.296. The number of aromatic nitrogens is 1. The van der Waals surface area contributed by atoms with E-state index in [4.69, 9.17) is 0 Å². The van der Waals surface area contributed by atoms with Crippen LogP contribution in [-0.4, -0.2) is 35.9 Å². The smallest absolute Gasteiger partial charge is 0.255 e. The zero-order valence-corrected chi connectivity index (χ0v) is 18.8. The highest BCUT2D eigenvalue weighted by atomic mass is 16.2. The van der Waals surface area contributed by atoms with Gasteiger partial charge in [-0.3, -0.25) is 9.59 Å². The van der Waals surface area contributed by atoms with E-state index in [-0.39, 0.29) is 11.8 Å². The SMILES string of the molecule is Cc1ccc(NC(=O)c2ccnc(N3CCCC3)c2)cc1-c1ccc(C(=O)NC2CC2)cc1. The van der Waals surface area contributed by atoms with Crippen LogP contribution in [0.1, 0.15) is 52.0 Å². The summed E-state index contributed by atoms with van der Waals surface area (Å²) < 4.78 is 0. The standard InChI is InChI=1S/C27H28N4O2/c1-18-4-9-23(30-27(33)21-12-13-28-25(16-21)31-14-2-3-15-31)17-24(18)19-5-7-20(8-6-19)26(32)29-22-10-11-22/h4-9,12-13,16-17,22H,2-3,10-11,14-15H2,1H3,(H,29,32)(H,30,33). The van der Waals surface area contributed by atoms with E-state index < -0.39 is 0 Å². The second kappa shape index (κ2) is 9.06. The summed E-state index contributed by atoms with van der Waals surface area (Å²) in [6.07, 6.45) is 6.16. The third kappa shape index (κ3) is 4.90. The molecule has 2 aromatic carbocycles. The summed E-state index contributed by atoms with van der Waals surface area (Å²) >= 11 is 0. The fourth-order valence-electron chi connectivity index (χ4n) is 4.19. The van der Waals surface area contributed by atoms with Gasteiger partial charge in [0.2, 0.25) is 0 Å². The number of nitrogens with zero attached hydrogens (tertiary/aromatic N) is 2. The van der Waals surface area contributed by atoms with E-state index in [0.717, 1.165) is 67.0 Å². The van der Waals surface area contributed by atoms with E-state index in [1.165, 1.54) is 0 Å². The molecule has 1 saturated heterocycles. The van der Waals surface area contributed by atoms with Crippen LogP contribution in [0.25, 0.3) is 11.1 Å². The van der Waals surface area contributed by atoms with Gasteiger partial charge in [0.05, 0.1) is 0 Å². The number of carbonyl (C=O) groups excluding carboxylic acids is 2. The summed E-state index contributed by atoms with van der Waals surface area (Å²) in [5, 5.41) is 6.04. The molecule has 33 heavy (non-hydrogen) atoms. The first kappa shape index (κ1) is 21.2. The molecule has 3 aromatic rings. The van der Waals surface area contributed by atoms with Gasteiger partial charge in [0.25, 0.3) is 11.8 Å². The minimum absolute atomic E-state index is 0.0209. The van der Waals surface area contributed by atoms with E-state index in [1.54, 1.807) is 12.3 Å². The van der Waals surface area contributed by atoms with Crippen molar-refractivity contribution < 1.29 is 9.59 Å². The lowest BCUT2D eigenvalue weighted by Crippen LogP contribution is -2.25. The van der Waals surface area contributed by atoms with Gasteiger partial charge in [0.15, 0.2) is 0 Å². The van der Waals surface area contributed by atoms with Gasteiger partial charge in [-0.2, -0.15) is 0 Å². The summed E-state index contributed by atoms with van der Waals surface area (Å²) in [4.78, 5) is 31.8. The van der Waals surface area contributed by atoms with Crippen LogP contribution in [-0.2, 0) is 0 Å². The Morgan fingerprint density at radius 2 is 1.67 bits per heavy atom. The summed E-state index contributed by atoms with van der Waals surface area (Å²) in [5.74, 6) is 0.683. The Hall–Kier alpha value is -3.67. The van der Waals surface area contributed by atoms with Crippen LogP contribution in [0.5, 0.6) is 0 Å². The predicted octanol–water partition coefficient (Wildman–Crippen LogP) is 4.80. The van der Waals surface area contributed by atoms with E-state index in [2.05, 4.69) is 20.5 Å². The molecule has 2 amide bonds. The van der Waals surface area contributed by atoms with Crippen molar-refractivity contribution in [1.29, 1.82) is 0 Å². The van der Waals surface area contributed by atoms with Crippen LogP contribution in [0.4, 0.5) is 11.5 Å². The average Bonchev–Trinajstić information content (AvgIpc) is 3.48. The van der Waals surface area contributed by atoms with E-state index in [1.807, 2.05) is 55.5 Å². The molecule has 0 bridgehead atoms. The van der Waals surface area contributed by atoms with Crippen molar-refractivity contribution in [3.8, 4) is 11.1 Å². The Morgan fingerprint density at radius 3 is 2.39 bits per heavy atom. The lowest BCUT2D eigenvalue weighted by molar-refractivity contribution is 0.0950. The number of nitrogens with one attached hydrogen (secondary N) is 2. The molecule has 1 aromatic heterocycles. The first-order valence-electron chi connectivity index (χ1n) is 11.6. The van der Waals surface area contributed by atoms with Crippen LogP contribution in [0.3, 0.4) is 0 Å². The second-order valence-electron chi connectivity index (χ2n) is 8.91. The molecule has 0 atom stereocenters. The summed E-state index contributed by atoms with van der Waals surface area (Å²) in [5.41, 5.74) is 5.12. The fourth-order valence-corrected chi connectivity index (χ4v) is 4.19. The molecular formula is C27H28N4O2. The quantitative estimate of drug-likeness (QED) is 0.577. The highest BCUT2D eigenvalue weighted by molar-refractivity contribution is 6.05. The maximum absolute atomic E-state index is 12.9. The van der Waals surface area contributed by atoms with Gasteiger partial charge in [0, 0.05) is 42.1 Å². The Bertz CT molecular complexity index is 1180. The van der Waals surface area contributed by atoms with Crippen LogP contribution >= 0.6 is 0 Å². The van der Waals surface area contributed by atoms with E-state index in [0.29, 0.717) is 17.2 Å². The highest BCUT2D eigenvalue weighted by Gasteiger charge is 2.23. The molecule has 1 aliphatic heterocycles. The Balaban J connectivity index is 1.32. The lowest BCUT2D eigenvalue weighted by atomic mass is 9.98. The molecule has 2 aliphatic rings. The number of rotatable bonds is 6. The number of hydrogen-bond donors (Lipinski definition) is 2. The summed E-state index contributed by atoms with van der Waals surface area (Å²) in [6.45, 7) is 4.01. The summed E-state index contributed by atoms with van der Waals surface area (Å²) in [6, 6.07) is 17.5. The second-order valence-corrected chi connectivity index (χ2v) is 8.91. The normalized spacial score (nSPS) is 15.4. The minimum atomic E-state index is -0.153. The molecule has 5 rings (SSSR count). The molecule has 1 aliphatic carbocycles. The monoisotopic (exact) mass is 440 g/mol. The number of amides is 2. The van der Waals surface area contributed by atoms with Gasteiger partial charge in [-0.05, 0) is 85.7 Å². The maximum atomic E-state index is 12.9. The van der Waals surface area contributed by atoms with Crippen molar-refractivity contribution in [2.24, 2.45) is 0 Å². The van der Waals surface area contributed by atoms with Gasteiger partial charge in [-0.1, -0.05) is 18.2 Å². The van der Waals surface area contributed by atoms with Crippen molar-refractivity contribution >= 4 is 23.3 Å². The highest BCUT2D eigenvalue weighted by Crippen LogP contribution is 2.28. The van der Waals surface area contributed by atoms with Gasteiger partial charge >= 0.3 is 0 Å². The first-order valence-corrected chi connectivity index (χ1v) is 11.6. The third-order valence-electron chi connectivity index (χ3n) is 6.30. The molecule has 0 radical (unpaired) electrons. The Labute approximate surface area is 194 Å². The molecule has 0 unspecified atom stereocenters. The van der Waals surface area contributed by atoms with Crippen LogP contribution < -0.4 is 15.5 Å². The van der Waals surface area contributed by atoms with E-state index in [9.17, 15) is 9.59 Å². The average molecular weight is 441 g/mol. The van der Waals surface area contributed by atoms with E-state index >= 15 is 0 Å². The zero-order chi connectivity index (χ0) is 22.8. The number of pyridine rings is 1. The lowest BCUT2D eigenvalue weighted by Gasteiger charge is -2.17. The van der Waals surface area contributed by atoms with Gasteiger partial charge in [-0.15, -0.1) is 0 Å². The summed E-state index contributed by atoms with van der Waals surface area (Å²) in [7, 11) is 0. The number of hydrogen-bond acceptors (Lipinski definition) is 4. The van der Waals surface area contributed by atoms with Crippen molar-refractivity contribution in [3.63, 3.8) is 0 Å². The Morgan fingerprint density at radius 1 is 0.909 bits per heavy atom. The van der Waals surface area contributed by atoms with Crippen LogP contribution in [0.15, 0.2) is 60.8 Å². The molecule has 1 saturated carbocycles. The topological polar surface area (TPSA) is 74.3 Å². The molecule has 0 spiro atoms. The molecule has 6 nitrogen and oxygen atoms in total. The molecule has 2 heterocycles. The molecular weight excluding hydrogens is 412 g/mol. The third-order valence-corrected chi connectivity index (χ3v) is 6.30. The van der Waals surface area contributed by atoms with Gasteiger partial charge < -0.3 is 15.5 Å². The van der Waals surface area contributed by atoms with Crippen LogP contribution in [0.2, 0.25) is 0 Å². The van der Waals surface area contributed by atoms with Crippen LogP contribution in [0, 0.1) is 6.92 Å². The Kier molecular flexibility index (Phi) is 5.82. The first-order chi connectivity index (χ1) is 16.1. The molecule has 168 valence electrons. The van der Waals surface area contributed by atoms with Gasteiger partial charge in [-0.25, -0.2) is 4.98 Å². The maximum Gasteiger partial charge on any atom is 0.255 e. The zero-order valence-electron chi connectivity index (χ0n) is 18.8. The number of anilines is 2. The molecule has 2 fully saturated rings. The van der Waals surface area contributed by atoms with Crippen molar-refractivity contribution in [3.05, 3.63) is 77.5 Å². The molecule has 6 heteroatoms. The van der Waals surface area contributed by atoms with Crippen molar-refractivity contribution in [2.45, 2.75) is 38.6 Å². The van der Waals surface area contributed by atoms with Crippen molar-refractivity contribution in [2.75, 3.05) is 23.3 Å². The number of carbonyl (C=O) groups is 2.